The Morgan fingerprint density at radius 3 is 1.30 bits per heavy atom. The summed E-state index contributed by atoms with van der Waals surface area (Å²) in [6, 6.07) is 0. The molecule has 0 saturated heterocycles. The Morgan fingerprint density at radius 2 is 0.900 bits per heavy atom. The predicted octanol–water partition coefficient (Wildman–Crippen LogP) is 11.3. The molecule has 0 aliphatic carbocycles. The van der Waals surface area contributed by atoms with Crippen molar-refractivity contribution in [2.75, 3.05) is 0 Å². The summed E-state index contributed by atoms with van der Waals surface area (Å²) in [5.41, 5.74) is 0. The maximum atomic E-state index is 12.7. The molecule has 0 aromatic rings. The number of Topliss-reactive ketones (excluding diaryl/α,β-unsaturated/α-hetero) is 1. The van der Waals surface area contributed by atoms with Crippen LogP contribution in [0.2, 0.25) is 0 Å². The van der Waals surface area contributed by atoms with Gasteiger partial charge in [0.25, 0.3) is 0 Å². The van der Waals surface area contributed by atoms with Crippen LogP contribution in [0.25, 0.3) is 0 Å². The van der Waals surface area contributed by atoms with E-state index in [1.165, 1.54) is 96.3 Å². The van der Waals surface area contributed by atoms with Crippen LogP contribution in [0.15, 0.2) is 24.3 Å². The molecule has 0 aliphatic rings. The van der Waals surface area contributed by atoms with Crippen LogP contribution in [0.3, 0.4) is 0 Å². The molecule has 1 atom stereocenters. The molecule has 0 aliphatic heterocycles. The number of carboxylic acid groups (broad SMARTS) is 1. The van der Waals surface area contributed by atoms with E-state index in [4.69, 9.17) is 0 Å². The number of carbonyl (C=O) groups is 2. The van der Waals surface area contributed by atoms with Crippen LogP contribution in [0, 0.1) is 5.92 Å². The van der Waals surface area contributed by atoms with Gasteiger partial charge in [-0.2, -0.15) is 0 Å². The fourth-order valence-electron chi connectivity index (χ4n) is 5.09. The monoisotopic (exact) mass is 600 g/mol. The minimum atomic E-state index is -0.989. The van der Waals surface area contributed by atoms with Gasteiger partial charge in [-0.3, -0.25) is 0 Å². The maximum absolute atomic E-state index is 12.7. The Morgan fingerprint density at radius 1 is 0.550 bits per heavy atom. The SMILES string of the molecule is CCCCCCCC/C=C\CCCCCC[C](=[Fe])C(=O)C(CCCCCC/C=C\CCCCCCCC)C(=O)O. The minimum absolute atomic E-state index is 0.247. The predicted molar refractivity (Wildman–Crippen MR) is 171 cm³/mol. The fourth-order valence-corrected chi connectivity index (χ4v) is 5.47. The summed E-state index contributed by atoms with van der Waals surface area (Å²) in [6.07, 6.45) is 39.5. The van der Waals surface area contributed by atoms with Crippen LogP contribution in [0.1, 0.15) is 181 Å². The van der Waals surface area contributed by atoms with Crippen LogP contribution in [0.4, 0.5) is 0 Å². The van der Waals surface area contributed by atoms with Gasteiger partial charge in [0.05, 0.1) is 0 Å². The second kappa shape index (κ2) is 31.0. The van der Waals surface area contributed by atoms with Crippen molar-refractivity contribution in [3.63, 3.8) is 0 Å². The number of allylic oxidation sites excluding steroid dienone is 4. The number of ketones is 1. The number of rotatable bonds is 31. The zero-order valence-corrected chi connectivity index (χ0v) is 27.5. The normalized spacial score (nSPS) is 12.5. The topological polar surface area (TPSA) is 54.4 Å². The van der Waals surface area contributed by atoms with Gasteiger partial charge in [0.1, 0.15) is 0 Å². The molecule has 4 heteroatoms. The molecule has 0 radical (unpaired) electrons. The van der Waals surface area contributed by atoms with Crippen molar-refractivity contribution in [2.45, 2.75) is 181 Å². The molecule has 1 unspecified atom stereocenters. The molecule has 0 heterocycles. The van der Waals surface area contributed by atoms with Crippen LogP contribution in [0.5, 0.6) is 0 Å². The number of unbranched alkanes of at least 4 members (excludes halogenated alkanes) is 20. The third kappa shape index (κ3) is 25.9. The number of aliphatic carboxylic acids is 1. The summed E-state index contributed by atoms with van der Waals surface area (Å²) in [6.45, 7) is 4.51. The van der Waals surface area contributed by atoms with Crippen LogP contribution >= 0.6 is 0 Å². The van der Waals surface area contributed by atoms with Gasteiger partial charge in [0.15, 0.2) is 0 Å². The molecular formula is C36H64FeO3. The van der Waals surface area contributed by atoms with Crippen LogP contribution in [-0.4, -0.2) is 21.3 Å². The molecule has 0 rings (SSSR count). The van der Waals surface area contributed by atoms with Gasteiger partial charge in [0, 0.05) is 0 Å². The van der Waals surface area contributed by atoms with Crippen LogP contribution in [-0.2, 0) is 25.2 Å². The van der Waals surface area contributed by atoms with E-state index in [1.807, 2.05) is 0 Å². The van der Waals surface area contributed by atoms with E-state index in [9.17, 15) is 14.7 Å². The van der Waals surface area contributed by atoms with E-state index in [-0.39, 0.29) is 5.78 Å². The average molecular weight is 601 g/mol. The second-order valence-corrected chi connectivity index (χ2v) is 12.3. The first-order valence-electron chi connectivity index (χ1n) is 17.1. The third-order valence-corrected chi connectivity index (χ3v) is 8.33. The van der Waals surface area contributed by atoms with E-state index in [0.29, 0.717) is 17.3 Å². The average Bonchev–Trinajstić information content (AvgIpc) is 2.94. The Balaban J connectivity index is 3.80. The van der Waals surface area contributed by atoms with Gasteiger partial charge in [0.2, 0.25) is 0 Å². The molecule has 0 amide bonds. The van der Waals surface area contributed by atoms with E-state index in [1.54, 1.807) is 0 Å². The molecule has 0 saturated carbocycles. The molecule has 0 fully saturated rings. The summed E-state index contributed by atoms with van der Waals surface area (Å²) in [5, 5.41) is 9.61. The van der Waals surface area contributed by atoms with Gasteiger partial charge in [-0.1, -0.05) is 71.6 Å². The molecule has 0 aromatic heterocycles. The van der Waals surface area contributed by atoms with E-state index in [0.717, 1.165) is 57.8 Å². The van der Waals surface area contributed by atoms with Crippen molar-refractivity contribution in [1.82, 2.24) is 0 Å². The first kappa shape index (κ1) is 39.0. The first-order valence-corrected chi connectivity index (χ1v) is 17.7. The van der Waals surface area contributed by atoms with Crippen LogP contribution < -0.4 is 0 Å². The van der Waals surface area contributed by atoms with Crippen molar-refractivity contribution in [3.8, 4) is 0 Å². The molecule has 0 spiro atoms. The van der Waals surface area contributed by atoms with Gasteiger partial charge in [-0.25, -0.2) is 0 Å². The number of carboxylic acids is 1. The molecular weight excluding hydrogens is 536 g/mol. The summed E-state index contributed by atoms with van der Waals surface area (Å²) < 4.78 is 0.502. The summed E-state index contributed by atoms with van der Waals surface area (Å²) in [4.78, 5) is 24.5. The molecule has 0 aromatic carbocycles. The summed E-state index contributed by atoms with van der Waals surface area (Å²) in [5.74, 6) is -2.15. The summed E-state index contributed by atoms with van der Waals surface area (Å²) >= 11 is 3.94. The summed E-state index contributed by atoms with van der Waals surface area (Å²) in [7, 11) is 0. The Labute approximate surface area is 256 Å². The number of carbonyl (C=O) groups excluding carboxylic acids is 1. The van der Waals surface area contributed by atoms with Gasteiger partial charge in [-0.05, 0) is 6.42 Å². The van der Waals surface area contributed by atoms with E-state index < -0.39 is 11.9 Å². The molecule has 1 N–H and O–H groups in total. The number of hydrogen-bond donors (Lipinski definition) is 1. The van der Waals surface area contributed by atoms with Crippen molar-refractivity contribution >= 4 is 16.2 Å². The van der Waals surface area contributed by atoms with E-state index >= 15 is 0 Å². The second-order valence-electron chi connectivity index (χ2n) is 11.6. The Bertz CT molecular complexity index is 667. The van der Waals surface area contributed by atoms with Gasteiger partial charge < -0.3 is 0 Å². The zero-order valence-electron chi connectivity index (χ0n) is 26.4. The Kier molecular flexibility index (Phi) is 30.2. The first-order chi connectivity index (χ1) is 19.5. The standard InChI is InChI=1S/C36H64O3.Fe/c1-3-5-7-9-11-13-15-17-19-21-23-25-27-29-31-33-35(37)34(36(38)39)32-30-28-26-24-22-20-18-16-14-12-10-8-6-4-2;/h17-20,34H,3-16,21-32H2,1-2H3,(H,38,39);/b19-17-,20-18-;. The molecule has 3 nitrogen and oxygen atoms in total. The van der Waals surface area contributed by atoms with Crippen molar-refractivity contribution < 1.29 is 30.3 Å². The van der Waals surface area contributed by atoms with Gasteiger partial charge in [-0.15, -0.1) is 0 Å². The zero-order chi connectivity index (χ0) is 29.5. The third-order valence-electron chi connectivity index (χ3n) is 7.78. The van der Waals surface area contributed by atoms with Crippen molar-refractivity contribution in [1.29, 1.82) is 0 Å². The molecule has 40 heavy (non-hydrogen) atoms. The quantitative estimate of drug-likeness (QED) is 0.0373. The van der Waals surface area contributed by atoms with Gasteiger partial charge >= 0.3 is 179 Å². The number of hydrogen-bond acceptors (Lipinski definition) is 2. The van der Waals surface area contributed by atoms with Crippen molar-refractivity contribution in [2.24, 2.45) is 5.92 Å². The van der Waals surface area contributed by atoms with Crippen molar-refractivity contribution in [3.05, 3.63) is 24.3 Å². The molecule has 0 bridgehead atoms. The van der Waals surface area contributed by atoms with E-state index in [2.05, 4.69) is 53.7 Å². The fraction of sp³-hybridized carbons (Fsp3) is 0.806. The Hall–Kier alpha value is -0.991. The molecule has 234 valence electrons.